The van der Waals surface area contributed by atoms with Crippen molar-refractivity contribution in [3.8, 4) is 10.7 Å². The fourth-order valence-electron chi connectivity index (χ4n) is 3.08. The van der Waals surface area contributed by atoms with Crippen molar-refractivity contribution in [3.05, 3.63) is 62.2 Å². The lowest BCUT2D eigenvalue weighted by atomic mass is 10.1. The number of nitrogens with zero attached hydrogens (tertiary/aromatic N) is 3. The first-order chi connectivity index (χ1) is 13.2. The predicted octanol–water partition coefficient (Wildman–Crippen LogP) is 5.50. The normalized spacial score (nSPS) is 14.1. The molecule has 1 aromatic carbocycles. The van der Waals surface area contributed by atoms with Crippen molar-refractivity contribution in [3.63, 3.8) is 0 Å². The second-order valence-electron chi connectivity index (χ2n) is 6.40. The first-order valence-electron chi connectivity index (χ1n) is 8.53. The number of thioether (sulfide) groups is 1. The zero-order valence-electron chi connectivity index (χ0n) is 14.1. The average molecular weight is 460 g/mol. The summed E-state index contributed by atoms with van der Waals surface area (Å²) in [5.41, 5.74) is 1.20. The topological polar surface area (TPSA) is 60.9 Å². The van der Waals surface area contributed by atoms with Crippen LogP contribution in [-0.2, 0) is 5.75 Å². The van der Waals surface area contributed by atoms with Gasteiger partial charge in [-0.2, -0.15) is 0 Å². The van der Waals surface area contributed by atoms with Crippen LogP contribution in [-0.4, -0.2) is 14.8 Å². The summed E-state index contributed by atoms with van der Waals surface area (Å²) in [6.45, 7) is 0. The van der Waals surface area contributed by atoms with Gasteiger partial charge >= 0.3 is 5.63 Å². The van der Waals surface area contributed by atoms with Gasteiger partial charge in [0.05, 0.1) is 4.88 Å². The van der Waals surface area contributed by atoms with E-state index in [9.17, 15) is 4.79 Å². The molecular weight excluding hydrogens is 446 g/mol. The Morgan fingerprint density at radius 2 is 2.15 bits per heavy atom. The van der Waals surface area contributed by atoms with Gasteiger partial charge in [-0.25, -0.2) is 4.79 Å². The van der Waals surface area contributed by atoms with Crippen molar-refractivity contribution in [2.75, 3.05) is 0 Å². The van der Waals surface area contributed by atoms with Crippen LogP contribution >= 0.6 is 39.0 Å². The fraction of sp³-hybridized carbons (Fsp3) is 0.211. The molecule has 0 bridgehead atoms. The summed E-state index contributed by atoms with van der Waals surface area (Å²) < 4.78 is 8.47. The highest BCUT2D eigenvalue weighted by atomic mass is 79.9. The molecular formula is C19H14BrN3O2S2. The number of benzene rings is 1. The molecule has 136 valence electrons. The lowest BCUT2D eigenvalue weighted by Crippen LogP contribution is -2.01. The van der Waals surface area contributed by atoms with Crippen molar-refractivity contribution in [1.82, 2.24) is 14.8 Å². The summed E-state index contributed by atoms with van der Waals surface area (Å²) in [5.74, 6) is 1.58. The van der Waals surface area contributed by atoms with Gasteiger partial charge in [0, 0.05) is 27.7 Å². The van der Waals surface area contributed by atoms with Gasteiger partial charge in [0.15, 0.2) is 11.0 Å². The molecule has 27 heavy (non-hydrogen) atoms. The molecule has 0 N–H and O–H groups in total. The van der Waals surface area contributed by atoms with Crippen LogP contribution in [0.3, 0.4) is 0 Å². The highest BCUT2D eigenvalue weighted by Crippen LogP contribution is 2.42. The number of hydrogen-bond acceptors (Lipinski definition) is 6. The van der Waals surface area contributed by atoms with Gasteiger partial charge in [0.1, 0.15) is 5.58 Å². The van der Waals surface area contributed by atoms with Gasteiger partial charge in [0.25, 0.3) is 0 Å². The third-order valence-electron chi connectivity index (χ3n) is 4.47. The summed E-state index contributed by atoms with van der Waals surface area (Å²) in [6, 6.07) is 11.9. The minimum Gasteiger partial charge on any atom is -0.423 e. The Balaban J connectivity index is 1.49. The maximum atomic E-state index is 11.9. The Morgan fingerprint density at radius 1 is 1.26 bits per heavy atom. The smallest absolute Gasteiger partial charge is 0.336 e. The molecule has 3 heterocycles. The molecule has 0 aliphatic heterocycles. The summed E-state index contributed by atoms with van der Waals surface area (Å²) in [6.07, 6.45) is 2.33. The Hall–Kier alpha value is -1.90. The molecule has 5 rings (SSSR count). The van der Waals surface area contributed by atoms with Crippen LogP contribution in [0.1, 0.15) is 24.4 Å². The zero-order chi connectivity index (χ0) is 18.4. The number of aromatic nitrogens is 3. The summed E-state index contributed by atoms with van der Waals surface area (Å²) in [7, 11) is 0. The van der Waals surface area contributed by atoms with Gasteiger partial charge in [-0.1, -0.05) is 33.8 Å². The minimum atomic E-state index is -0.334. The zero-order valence-corrected chi connectivity index (χ0v) is 17.3. The van der Waals surface area contributed by atoms with E-state index in [0.717, 1.165) is 44.1 Å². The van der Waals surface area contributed by atoms with Crippen molar-refractivity contribution in [2.24, 2.45) is 0 Å². The summed E-state index contributed by atoms with van der Waals surface area (Å²) in [4.78, 5) is 13.1. The maximum absolute atomic E-state index is 11.9. The van der Waals surface area contributed by atoms with Crippen molar-refractivity contribution >= 4 is 50.0 Å². The van der Waals surface area contributed by atoms with Crippen molar-refractivity contribution in [2.45, 2.75) is 29.8 Å². The lowest BCUT2D eigenvalue weighted by Gasteiger charge is -2.09. The molecule has 0 saturated heterocycles. The summed E-state index contributed by atoms with van der Waals surface area (Å²) in [5, 5.41) is 12.8. The second-order valence-corrected chi connectivity index (χ2v) is 9.21. The Bertz CT molecular complexity index is 1180. The van der Waals surface area contributed by atoms with Crippen LogP contribution < -0.4 is 5.63 Å². The Morgan fingerprint density at radius 3 is 2.93 bits per heavy atom. The molecule has 0 amide bonds. The van der Waals surface area contributed by atoms with E-state index in [1.807, 2.05) is 24.3 Å². The molecule has 0 unspecified atom stereocenters. The maximum Gasteiger partial charge on any atom is 0.336 e. The molecule has 1 aliphatic rings. The number of fused-ring (bicyclic) bond motifs is 1. The van der Waals surface area contributed by atoms with E-state index < -0.39 is 0 Å². The quantitative estimate of drug-likeness (QED) is 0.291. The lowest BCUT2D eigenvalue weighted by molar-refractivity contribution is 0.559. The highest BCUT2D eigenvalue weighted by molar-refractivity contribution is 9.10. The molecule has 8 heteroatoms. The van der Waals surface area contributed by atoms with E-state index in [2.05, 4.69) is 42.1 Å². The largest absolute Gasteiger partial charge is 0.423 e. The van der Waals surface area contributed by atoms with E-state index in [1.165, 1.54) is 0 Å². The van der Waals surface area contributed by atoms with Crippen LogP contribution in [0, 0.1) is 0 Å². The van der Waals surface area contributed by atoms with Crippen LogP contribution in [0.2, 0.25) is 0 Å². The van der Waals surface area contributed by atoms with Crippen LogP contribution in [0.25, 0.3) is 21.7 Å². The van der Waals surface area contributed by atoms with E-state index in [1.54, 1.807) is 29.2 Å². The van der Waals surface area contributed by atoms with Gasteiger partial charge in [0.2, 0.25) is 0 Å². The molecule has 0 atom stereocenters. The van der Waals surface area contributed by atoms with E-state index in [-0.39, 0.29) is 5.63 Å². The molecule has 0 spiro atoms. The minimum absolute atomic E-state index is 0.334. The number of halogens is 1. The first-order valence-corrected chi connectivity index (χ1v) is 11.2. The molecule has 0 radical (unpaired) electrons. The monoisotopic (exact) mass is 459 g/mol. The summed E-state index contributed by atoms with van der Waals surface area (Å²) >= 11 is 6.72. The van der Waals surface area contributed by atoms with Crippen LogP contribution in [0.15, 0.2) is 60.6 Å². The van der Waals surface area contributed by atoms with E-state index in [4.69, 9.17) is 4.42 Å². The molecule has 4 aromatic rings. The van der Waals surface area contributed by atoms with E-state index >= 15 is 0 Å². The van der Waals surface area contributed by atoms with Crippen molar-refractivity contribution < 1.29 is 4.42 Å². The Kier molecular flexibility index (Phi) is 4.41. The van der Waals surface area contributed by atoms with Gasteiger partial charge < -0.3 is 4.42 Å². The van der Waals surface area contributed by atoms with Gasteiger partial charge in [-0.3, -0.25) is 4.57 Å². The molecule has 1 saturated carbocycles. The predicted molar refractivity (Wildman–Crippen MR) is 111 cm³/mol. The third-order valence-corrected chi connectivity index (χ3v) is 6.82. The van der Waals surface area contributed by atoms with Crippen LogP contribution in [0.4, 0.5) is 0 Å². The van der Waals surface area contributed by atoms with Crippen molar-refractivity contribution in [1.29, 1.82) is 0 Å². The number of hydrogen-bond donors (Lipinski definition) is 0. The first kappa shape index (κ1) is 17.2. The van der Waals surface area contributed by atoms with Crippen LogP contribution in [0.5, 0.6) is 0 Å². The average Bonchev–Trinajstić information content (AvgIpc) is 3.17. The SMILES string of the molecule is O=c1cc(CSc2nnc(-c3cccs3)n2C2CC2)c2ccc(Br)cc2o1. The number of rotatable bonds is 5. The van der Waals surface area contributed by atoms with Gasteiger partial charge in [-0.05, 0) is 48.1 Å². The fourth-order valence-corrected chi connectivity index (χ4v) is 5.12. The highest BCUT2D eigenvalue weighted by Gasteiger charge is 2.30. The molecule has 1 aliphatic carbocycles. The second kappa shape index (κ2) is 6.92. The molecule has 1 fully saturated rings. The van der Waals surface area contributed by atoms with Gasteiger partial charge in [-0.15, -0.1) is 21.5 Å². The van der Waals surface area contributed by atoms with E-state index in [0.29, 0.717) is 17.4 Å². The molecule has 3 aromatic heterocycles. The molecule has 5 nitrogen and oxygen atoms in total. The Labute approximate surface area is 171 Å². The number of thiophene rings is 1. The standard InChI is InChI=1S/C19H14BrN3O2S2/c20-12-3-6-14-11(8-17(24)25-15(14)9-12)10-27-19-22-21-18(16-2-1-7-26-16)23(19)13-4-5-13/h1-3,6-9,13H,4-5,10H2. The third kappa shape index (κ3) is 3.37.